The van der Waals surface area contributed by atoms with Gasteiger partial charge < -0.3 is 18.9 Å². The fraction of sp³-hybridized carbons (Fsp3) is 0.300. The van der Waals surface area contributed by atoms with E-state index in [4.69, 9.17) is 21.1 Å². The zero-order valence-corrected chi connectivity index (χ0v) is 23.9. The van der Waals surface area contributed by atoms with E-state index in [-0.39, 0.29) is 51.9 Å². The van der Waals surface area contributed by atoms with Gasteiger partial charge in [0.25, 0.3) is 5.91 Å². The molecular formula is C30H28ClF3N4O3. The molecule has 0 spiro atoms. The van der Waals surface area contributed by atoms with E-state index in [0.717, 1.165) is 17.7 Å². The fourth-order valence-electron chi connectivity index (χ4n) is 4.96. The molecule has 0 saturated heterocycles. The molecule has 1 aliphatic heterocycles. The molecule has 11 heteroatoms. The van der Waals surface area contributed by atoms with Gasteiger partial charge in [0.15, 0.2) is 34.6 Å². The van der Waals surface area contributed by atoms with E-state index in [1.54, 1.807) is 48.6 Å². The second-order valence-electron chi connectivity index (χ2n) is 10.6. The highest BCUT2D eigenvalue weighted by molar-refractivity contribution is 6.30. The summed E-state index contributed by atoms with van der Waals surface area (Å²) in [5, 5.41) is 8.41. The van der Waals surface area contributed by atoms with Crippen LogP contribution in [-0.4, -0.2) is 32.7 Å². The maximum atomic E-state index is 16.1. The van der Waals surface area contributed by atoms with E-state index in [1.165, 1.54) is 6.07 Å². The number of hydrogen-bond acceptors (Lipinski definition) is 5. The SMILES string of the molecule is COc1ccc(CN2Cc3c(ccc(-c4nnc(C(C)(C)Oc5c(F)cc(Cl)cc5F)n4C(C)C)c3F)C2=O)cc1. The first-order chi connectivity index (χ1) is 19.4. The van der Waals surface area contributed by atoms with Gasteiger partial charge in [0.05, 0.1) is 19.2 Å². The van der Waals surface area contributed by atoms with E-state index >= 15 is 4.39 Å². The van der Waals surface area contributed by atoms with Crippen LogP contribution in [0, 0.1) is 17.5 Å². The van der Waals surface area contributed by atoms with Gasteiger partial charge in [-0.3, -0.25) is 4.79 Å². The van der Waals surface area contributed by atoms with E-state index in [0.29, 0.717) is 12.3 Å². The number of fused-ring (bicyclic) bond motifs is 1. The lowest BCUT2D eigenvalue weighted by Crippen LogP contribution is -2.31. The molecule has 1 aliphatic rings. The Bertz CT molecular complexity index is 1610. The minimum Gasteiger partial charge on any atom is -0.497 e. The van der Waals surface area contributed by atoms with Crippen LogP contribution in [0.5, 0.6) is 11.5 Å². The van der Waals surface area contributed by atoms with Crippen molar-refractivity contribution >= 4 is 17.5 Å². The van der Waals surface area contributed by atoms with Gasteiger partial charge in [-0.1, -0.05) is 23.7 Å². The van der Waals surface area contributed by atoms with Crippen molar-refractivity contribution in [3.63, 3.8) is 0 Å². The monoisotopic (exact) mass is 584 g/mol. The summed E-state index contributed by atoms with van der Waals surface area (Å²) in [4.78, 5) is 14.7. The van der Waals surface area contributed by atoms with Crippen molar-refractivity contribution in [3.05, 3.63) is 93.5 Å². The maximum absolute atomic E-state index is 16.1. The summed E-state index contributed by atoms with van der Waals surface area (Å²) in [6, 6.07) is 12.0. The standard InChI is InChI=1S/C30H28ClF3N4O3/c1-16(2)38-27(35-36-29(38)30(3,4)41-26-23(32)12-18(31)13-24(26)33)21-11-10-20-22(25(21)34)15-37(28(20)39)14-17-6-8-19(40-5)9-7-17/h6-13,16H,14-15H2,1-5H3. The summed E-state index contributed by atoms with van der Waals surface area (Å²) in [5.74, 6) is -2.26. The molecule has 7 nitrogen and oxygen atoms in total. The molecule has 0 fully saturated rings. The predicted octanol–water partition coefficient (Wildman–Crippen LogP) is 7.08. The van der Waals surface area contributed by atoms with Crippen LogP contribution in [0.2, 0.25) is 5.02 Å². The number of methoxy groups -OCH3 is 1. The second kappa shape index (κ2) is 10.7. The third-order valence-corrected chi connectivity index (χ3v) is 7.17. The Hall–Kier alpha value is -4.05. The van der Waals surface area contributed by atoms with Gasteiger partial charge in [0, 0.05) is 28.7 Å². The zero-order chi connectivity index (χ0) is 29.6. The Balaban J connectivity index is 1.48. The number of carbonyl (C=O) groups excluding carboxylic acids is 1. The maximum Gasteiger partial charge on any atom is 0.254 e. The first kappa shape index (κ1) is 28.5. The topological polar surface area (TPSA) is 69.5 Å². The number of ether oxygens (including phenoxy) is 2. The van der Waals surface area contributed by atoms with Gasteiger partial charge >= 0.3 is 0 Å². The average Bonchev–Trinajstić information content (AvgIpc) is 3.50. The smallest absolute Gasteiger partial charge is 0.254 e. The van der Waals surface area contributed by atoms with Crippen molar-refractivity contribution in [2.75, 3.05) is 7.11 Å². The third-order valence-electron chi connectivity index (χ3n) is 6.95. The van der Waals surface area contributed by atoms with Gasteiger partial charge in [0.1, 0.15) is 11.6 Å². The van der Waals surface area contributed by atoms with E-state index < -0.39 is 28.8 Å². The summed E-state index contributed by atoms with van der Waals surface area (Å²) < 4.78 is 57.7. The zero-order valence-electron chi connectivity index (χ0n) is 23.1. The second-order valence-corrected chi connectivity index (χ2v) is 11.0. The molecule has 5 rings (SSSR count). The molecule has 0 radical (unpaired) electrons. The van der Waals surface area contributed by atoms with E-state index in [2.05, 4.69) is 10.2 Å². The number of aromatic nitrogens is 3. The largest absolute Gasteiger partial charge is 0.497 e. The van der Waals surface area contributed by atoms with Crippen LogP contribution in [0.15, 0.2) is 48.5 Å². The van der Waals surface area contributed by atoms with E-state index in [1.807, 2.05) is 26.0 Å². The molecule has 4 aromatic rings. The van der Waals surface area contributed by atoms with Crippen molar-refractivity contribution in [1.29, 1.82) is 0 Å². The average molecular weight is 585 g/mol. The van der Waals surface area contributed by atoms with Gasteiger partial charge in [-0.05, 0) is 69.7 Å². The minimum absolute atomic E-state index is 0.0896. The lowest BCUT2D eigenvalue weighted by Gasteiger charge is -2.28. The van der Waals surface area contributed by atoms with Crippen LogP contribution in [0.3, 0.4) is 0 Å². The Kier molecular flexibility index (Phi) is 7.46. The number of rotatable bonds is 8. The Labute approximate surface area is 240 Å². The van der Waals surface area contributed by atoms with Crippen LogP contribution in [0.25, 0.3) is 11.4 Å². The Morgan fingerprint density at radius 2 is 1.63 bits per heavy atom. The van der Waals surface area contributed by atoms with Crippen molar-refractivity contribution in [3.8, 4) is 22.9 Å². The highest BCUT2D eigenvalue weighted by Gasteiger charge is 2.36. The first-order valence-electron chi connectivity index (χ1n) is 12.9. The molecule has 41 heavy (non-hydrogen) atoms. The van der Waals surface area contributed by atoms with E-state index in [9.17, 15) is 13.6 Å². The molecule has 1 aromatic heterocycles. The molecule has 2 heterocycles. The normalized spacial score (nSPS) is 13.2. The van der Waals surface area contributed by atoms with Crippen molar-refractivity contribution in [1.82, 2.24) is 19.7 Å². The van der Waals surface area contributed by atoms with Crippen molar-refractivity contribution in [2.24, 2.45) is 0 Å². The van der Waals surface area contributed by atoms with Crippen LogP contribution in [0.1, 0.15) is 61.0 Å². The summed E-state index contributed by atoms with van der Waals surface area (Å²) in [5.41, 5.74) is 0.209. The van der Waals surface area contributed by atoms with Crippen molar-refractivity contribution < 1.29 is 27.4 Å². The molecule has 3 aromatic carbocycles. The summed E-state index contributed by atoms with van der Waals surface area (Å²) >= 11 is 5.75. The number of carbonyl (C=O) groups is 1. The molecule has 0 atom stereocenters. The molecular weight excluding hydrogens is 557 g/mol. The predicted molar refractivity (Wildman–Crippen MR) is 147 cm³/mol. The van der Waals surface area contributed by atoms with Gasteiger partial charge in [-0.2, -0.15) is 0 Å². The highest BCUT2D eigenvalue weighted by Crippen LogP contribution is 2.37. The lowest BCUT2D eigenvalue weighted by molar-refractivity contribution is 0.0766. The highest BCUT2D eigenvalue weighted by atomic mass is 35.5. The number of benzene rings is 3. The molecule has 0 saturated carbocycles. The minimum atomic E-state index is -1.37. The van der Waals surface area contributed by atoms with Crippen LogP contribution >= 0.6 is 11.6 Å². The Morgan fingerprint density at radius 1 is 1.00 bits per heavy atom. The molecule has 0 unspecified atom stereocenters. The molecule has 0 bridgehead atoms. The molecule has 214 valence electrons. The number of nitrogens with zero attached hydrogens (tertiary/aromatic N) is 4. The first-order valence-corrected chi connectivity index (χ1v) is 13.3. The van der Waals surface area contributed by atoms with Crippen LogP contribution in [-0.2, 0) is 18.7 Å². The summed E-state index contributed by atoms with van der Waals surface area (Å²) in [7, 11) is 1.58. The summed E-state index contributed by atoms with van der Waals surface area (Å²) in [6.07, 6.45) is 0. The van der Waals surface area contributed by atoms with Gasteiger partial charge in [0.2, 0.25) is 0 Å². The fourth-order valence-corrected chi connectivity index (χ4v) is 5.15. The van der Waals surface area contributed by atoms with Gasteiger partial charge in [-0.25, -0.2) is 13.2 Å². The molecule has 0 N–H and O–H groups in total. The van der Waals surface area contributed by atoms with Gasteiger partial charge in [-0.15, -0.1) is 10.2 Å². The third kappa shape index (κ3) is 5.24. The number of halogens is 4. The summed E-state index contributed by atoms with van der Waals surface area (Å²) in [6.45, 7) is 7.26. The number of hydrogen-bond donors (Lipinski definition) is 0. The van der Waals surface area contributed by atoms with Crippen LogP contribution < -0.4 is 9.47 Å². The van der Waals surface area contributed by atoms with Crippen molar-refractivity contribution in [2.45, 2.75) is 52.4 Å². The quantitative estimate of drug-likeness (QED) is 0.221. The molecule has 1 amide bonds. The number of amides is 1. The molecule has 0 aliphatic carbocycles. The lowest BCUT2D eigenvalue weighted by atomic mass is 10.0. The Morgan fingerprint density at radius 3 is 2.24 bits per heavy atom. The van der Waals surface area contributed by atoms with Crippen LogP contribution in [0.4, 0.5) is 13.2 Å².